The molecule has 0 spiro atoms. The molecule has 0 radical (unpaired) electrons. The topological polar surface area (TPSA) is 30.9 Å². The SMILES string of the molecule is COCC1CCCN1c1cccc(B2OC(C)(C)C(C)(C)O2)c1. The maximum atomic E-state index is 6.18. The van der Waals surface area contributed by atoms with Crippen LogP contribution in [0.25, 0.3) is 0 Å². The lowest BCUT2D eigenvalue weighted by Gasteiger charge is -2.32. The predicted octanol–water partition coefficient (Wildman–Crippen LogP) is 2.60. The molecular weight excluding hydrogens is 289 g/mol. The number of ether oxygens (including phenoxy) is 1. The third-order valence-electron chi connectivity index (χ3n) is 5.46. The minimum Gasteiger partial charge on any atom is -0.399 e. The molecule has 0 saturated carbocycles. The summed E-state index contributed by atoms with van der Waals surface area (Å²) >= 11 is 0. The molecule has 0 amide bonds. The number of benzene rings is 1. The lowest BCUT2D eigenvalue weighted by Crippen LogP contribution is -2.41. The molecule has 5 heteroatoms. The monoisotopic (exact) mass is 317 g/mol. The van der Waals surface area contributed by atoms with Gasteiger partial charge in [0.05, 0.1) is 23.9 Å². The van der Waals surface area contributed by atoms with Crippen molar-refractivity contribution in [3.8, 4) is 0 Å². The van der Waals surface area contributed by atoms with Gasteiger partial charge in [0.2, 0.25) is 0 Å². The Morgan fingerprint density at radius 3 is 2.57 bits per heavy atom. The van der Waals surface area contributed by atoms with Crippen LogP contribution in [0, 0.1) is 0 Å². The van der Waals surface area contributed by atoms with Crippen molar-refractivity contribution in [2.75, 3.05) is 25.2 Å². The molecule has 126 valence electrons. The van der Waals surface area contributed by atoms with Gasteiger partial charge >= 0.3 is 7.12 Å². The van der Waals surface area contributed by atoms with Crippen molar-refractivity contribution in [3.63, 3.8) is 0 Å². The first-order valence-electron chi connectivity index (χ1n) is 8.55. The van der Waals surface area contributed by atoms with Crippen molar-refractivity contribution in [3.05, 3.63) is 24.3 Å². The number of hydrogen-bond donors (Lipinski definition) is 0. The number of anilines is 1. The number of nitrogens with zero attached hydrogens (tertiary/aromatic N) is 1. The van der Waals surface area contributed by atoms with E-state index < -0.39 is 0 Å². The van der Waals surface area contributed by atoms with Gasteiger partial charge in [0, 0.05) is 19.3 Å². The summed E-state index contributed by atoms with van der Waals surface area (Å²) < 4.78 is 17.7. The first-order chi connectivity index (χ1) is 10.8. The van der Waals surface area contributed by atoms with Crippen LogP contribution in [0.15, 0.2) is 24.3 Å². The van der Waals surface area contributed by atoms with Crippen LogP contribution in [0.5, 0.6) is 0 Å². The van der Waals surface area contributed by atoms with E-state index in [1.54, 1.807) is 7.11 Å². The normalized spacial score (nSPS) is 26.0. The van der Waals surface area contributed by atoms with E-state index in [0.29, 0.717) is 6.04 Å². The number of hydrogen-bond acceptors (Lipinski definition) is 4. The molecule has 2 fully saturated rings. The molecule has 1 aromatic rings. The smallest absolute Gasteiger partial charge is 0.399 e. The zero-order valence-corrected chi connectivity index (χ0v) is 15.0. The van der Waals surface area contributed by atoms with Crippen LogP contribution < -0.4 is 10.4 Å². The van der Waals surface area contributed by atoms with Gasteiger partial charge in [-0.3, -0.25) is 0 Å². The Morgan fingerprint density at radius 2 is 1.91 bits per heavy atom. The molecule has 1 unspecified atom stereocenters. The van der Waals surface area contributed by atoms with Crippen LogP contribution in [-0.4, -0.2) is 44.6 Å². The zero-order chi connectivity index (χ0) is 16.7. The van der Waals surface area contributed by atoms with E-state index in [4.69, 9.17) is 14.0 Å². The first-order valence-corrected chi connectivity index (χ1v) is 8.55. The average molecular weight is 317 g/mol. The summed E-state index contributed by atoms with van der Waals surface area (Å²) in [6, 6.07) is 9.03. The van der Waals surface area contributed by atoms with Gasteiger partial charge in [0.1, 0.15) is 0 Å². The Labute approximate surface area is 140 Å². The molecular formula is C18H28BNO3. The molecule has 0 N–H and O–H groups in total. The molecule has 2 heterocycles. The van der Waals surface area contributed by atoms with Gasteiger partial charge in [0.25, 0.3) is 0 Å². The van der Waals surface area contributed by atoms with Crippen molar-refractivity contribution in [1.82, 2.24) is 0 Å². The van der Waals surface area contributed by atoms with Gasteiger partial charge in [-0.2, -0.15) is 0 Å². The third-order valence-corrected chi connectivity index (χ3v) is 5.46. The molecule has 2 aliphatic heterocycles. The summed E-state index contributed by atoms with van der Waals surface area (Å²) in [6.07, 6.45) is 2.41. The largest absolute Gasteiger partial charge is 0.494 e. The quantitative estimate of drug-likeness (QED) is 0.799. The van der Waals surface area contributed by atoms with E-state index in [0.717, 1.165) is 18.6 Å². The summed E-state index contributed by atoms with van der Waals surface area (Å²) in [6.45, 7) is 10.2. The van der Waals surface area contributed by atoms with E-state index in [1.807, 2.05) is 0 Å². The summed E-state index contributed by atoms with van der Waals surface area (Å²) in [4.78, 5) is 2.44. The highest BCUT2D eigenvalue weighted by Gasteiger charge is 2.51. The van der Waals surface area contributed by atoms with Crippen molar-refractivity contribution in [2.45, 2.75) is 57.8 Å². The lowest BCUT2D eigenvalue weighted by molar-refractivity contribution is 0.00578. The minimum absolute atomic E-state index is 0.302. The molecule has 23 heavy (non-hydrogen) atoms. The standard InChI is InChI=1S/C18H28BNO3/c1-17(2)18(3,4)23-19(22-17)14-8-6-9-15(12-14)20-11-7-10-16(20)13-21-5/h6,8-9,12,16H,7,10-11,13H2,1-5H3. The molecule has 0 aromatic heterocycles. The van der Waals surface area contributed by atoms with E-state index in [-0.39, 0.29) is 18.3 Å². The second kappa shape index (κ2) is 6.12. The van der Waals surface area contributed by atoms with Crippen molar-refractivity contribution < 1.29 is 14.0 Å². The van der Waals surface area contributed by atoms with Crippen molar-refractivity contribution in [1.29, 1.82) is 0 Å². The maximum Gasteiger partial charge on any atom is 0.494 e. The molecule has 2 aliphatic rings. The Bertz CT molecular complexity index is 545. The van der Waals surface area contributed by atoms with Gasteiger partial charge < -0.3 is 18.9 Å². The lowest BCUT2D eigenvalue weighted by atomic mass is 9.79. The summed E-state index contributed by atoms with van der Waals surface area (Å²) in [5.41, 5.74) is 1.71. The van der Waals surface area contributed by atoms with Crippen LogP contribution in [0.4, 0.5) is 5.69 Å². The summed E-state index contributed by atoms with van der Waals surface area (Å²) in [5.74, 6) is 0. The molecule has 4 nitrogen and oxygen atoms in total. The van der Waals surface area contributed by atoms with E-state index in [9.17, 15) is 0 Å². The Kier molecular flexibility index (Phi) is 4.47. The molecule has 1 aromatic carbocycles. The molecule has 2 saturated heterocycles. The summed E-state index contributed by atoms with van der Waals surface area (Å²) in [7, 11) is 1.47. The number of rotatable bonds is 4. The summed E-state index contributed by atoms with van der Waals surface area (Å²) in [5, 5.41) is 0. The van der Waals surface area contributed by atoms with Gasteiger partial charge in [-0.1, -0.05) is 12.1 Å². The number of methoxy groups -OCH3 is 1. The fourth-order valence-electron chi connectivity index (χ4n) is 3.37. The van der Waals surface area contributed by atoms with Crippen LogP contribution >= 0.6 is 0 Å². The van der Waals surface area contributed by atoms with Gasteiger partial charge in [-0.25, -0.2) is 0 Å². The molecule has 0 bridgehead atoms. The highest BCUT2D eigenvalue weighted by atomic mass is 16.7. The Morgan fingerprint density at radius 1 is 1.22 bits per heavy atom. The highest BCUT2D eigenvalue weighted by molar-refractivity contribution is 6.62. The molecule has 3 rings (SSSR count). The average Bonchev–Trinajstić information content (AvgIpc) is 3.02. The highest BCUT2D eigenvalue weighted by Crippen LogP contribution is 2.36. The van der Waals surface area contributed by atoms with Crippen LogP contribution in [0.1, 0.15) is 40.5 Å². The van der Waals surface area contributed by atoms with Gasteiger partial charge in [0.15, 0.2) is 0 Å². The third kappa shape index (κ3) is 3.15. The molecule has 1 atom stereocenters. The van der Waals surface area contributed by atoms with Crippen molar-refractivity contribution >= 4 is 18.3 Å². The van der Waals surface area contributed by atoms with Crippen LogP contribution in [-0.2, 0) is 14.0 Å². The van der Waals surface area contributed by atoms with E-state index in [1.165, 1.54) is 18.5 Å². The van der Waals surface area contributed by atoms with Crippen LogP contribution in [0.3, 0.4) is 0 Å². The van der Waals surface area contributed by atoms with Crippen molar-refractivity contribution in [2.24, 2.45) is 0 Å². The molecule has 0 aliphatic carbocycles. The fraction of sp³-hybridized carbons (Fsp3) is 0.667. The second-order valence-corrected chi connectivity index (χ2v) is 7.63. The Hall–Kier alpha value is -1.04. The Balaban J connectivity index is 1.81. The second-order valence-electron chi connectivity index (χ2n) is 7.63. The predicted molar refractivity (Wildman–Crippen MR) is 94.4 cm³/mol. The van der Waals surface area contributed by atoms with Crippen LogP contribution in [0.2, 0.25) is 0 Å². The minimum atomic E-state index is -0.306. The zero-order valence-electron chi connectivity index (χ0n) is 15.0. The van der Waals surface area contributed by atoms with E-state index >= 15 is 0 Å². The van der Waals surface area contributed by atoms with Gasteiger partial charge in [-0.05, 0) is 58.1 Å². The van der Waals surface area contributed by atoms with Gasteiger partial charge in [-0.15, -0.1) is 0 Å². The van der Waals surface area contributed by atoms with E-state index in [2.05, 4.69) is 56.9 Å². The fourth-order valence-corrected chi connectivity index (χ4v) is 3.37. The first kappa shape index (κ1) is 16.8. The maximum absolute atomic E-state index is 6.18.